The van der Waals surface area contributed by atoms with Crippen LogP contribution in [0.5, 0.6) is 0 Å². The zero-order valence-electron chi connectivity index (χ0n) is 10.4. The largest absolute Gasteiger partial charge is 0.379 e. The molecule has 3 rings (SSSR count). The summed E-state index contributed by atoms with van der Waals surface area (Å²) < 4.78 is 20.6. The molecule has 0 unspecified atom stereocenters. The summed E-state index contributed by atoms with van der Waals surface area (Å²) in [6, 6.07) is 5.23. The van der Waals surface area contributed by atoms with E-state index in [1.807, 2.05) is 13.1 Å². The van der Waals surface area contributed by atoms with E-state index in [-0.39, 0.29) is 16.6 Å². The first-order valence-electron chi connectivity index (χ1n) is 6.31. The van der Waals surface area contributed by atoms with Crippen LogP contribution in [0.25, 0.3) is 0 Å². The molecule has 2 aliphatic rings. The van der Waals surface area contributed by atoms with Gasteiger partial charge in [-0.3, -0.25) is 0 Å². The first-order valence-corrected chi connectivity index (χ1v) is 7.11. The number of hydrogen-bond donors (Lipinski definition) is 1. The van der Waals surface area contributed by atoms with Crippen molar-refractivity contribution in [2.45, 2.75) is 18.3 Å². The van der Waals surface area contributed by atoms with E-state index in [0.717, 1.165) is 29.4 Å². The molecule has 0 spiro atoms. The number of hydrogen-bond acceptors (Lipinski definition) is 2. The van der Waals surface area contributed by atoms with Crippen molar-refractivity contribution in [3.05, 3.63) is 34.1 Å². The SMILES string of the molecule is CNCC1(C2(c3cc(Br)ccc3F)COC2)CC1. The molecule has 0 amide bonds. The van der Waals surface area contributed by atoms with E-state index in [0.29, 0.717) is 13.2 Å². The van der Waals surface area contributed by atoms with Crippen LogP contribution in [0.4, 0.5) is 4.39 Å². The Morgan fingerprint density at radius 2 is 2.11 bits per heavy atom. The summed E-state index contributed by atoms with van der Waals surface area (Å²) in [5.74, 6) is -0.108. The van der Waals surface area contributed by atoms with Crippen molar-refractivity contribution in [1.82, 2.24) is 5.32 Å². The third kappa shape index (κ3) is 1.66. The van der Waals surface area contributed by atoms with Gasteiger partial charge in [-0.05, 0) is 43.5 Å². The van der Waals surface area contributed by atoms with E-state index in [1.165, 1.54) is 0 Å². The molecular weight excluding hydrogens is 297 g/mol. The summed E-state index contributed by atoms with van der Waals surface area (Å²) in [5, 5.41) is 3.26. The van der Waals surface area contributed by atoms with Gasteiger partial charge in [-0.25, -0.2) is 4.39 Å². The average molecular weight is 314 g/mol. The van der Waals surface area contributed by atoms with Crippen LogP contribution in [-0.2, 0) is 10.2 Å². The maximum atomic E-state index is 14.2. The van der Waals surface area contributed by atoms with Gasteiger partial charge in [-0.2, -0.15) is 0 Å². The number of rotatable bonds is 4. The highest BCUT2D eigenvalue weighted by Crippen LogP contribution is 2.62. The van der Waals surface area contributed by atoms with Crippen molar-refractivity contribution >= 4 is 15.9 Å². The topological polar surface area (TPSA) is 21.3 Å². The van der Waals surface area contributed by atoms with Crippen LogP contribution < -0.4 is 5.32 Å². The highest BCUT2D eigenvalue weighted by atomic mass is 79.9. The predicted octanol–water partition coefficient (Wildman–Crippen LogP) is 2.86. The molecule has 1 saturated carbocycles. The molecule has 1 heterocycles. The maximum absolute atomic E-state index is 14.2. The Labute approximate surface area is 115 Å². The van der Waals surface area contributed by atoms with Crippen LogP contribution in [0.3, 0.4) is 0 Å². The second kappa shape index (κ2) is 4.29. The third-order valence-corrected chi connectivity index (χ3v) is 5.02. The van der Waals surface area contributed by atoms with E-state index >= 15 is 0 Å². The predicted molar refractivity (Wildman–Crippen MR) is 72.2 cm³/mol. The fourth-order valence-corrected chi connectivity index (χ4v) is 3.59. The van der Waals surface area contributed by atoms with Crippen molar-refractivity contribution in [1.29, 1.82) is 0 Å². The molecule has 1 N–H and O–H groups in total. The third-order valence-electron chi connectivity index (χ3n) is 4.52. The van der Waals surface area contributed by atoms with Gasteiger partial charge in [0.2, 0.25) is 0 Å². The summed E-state index contributed by atoms with van der Waals surface area (Å²) in [5.41, 5.74) is 0.863. The molecule has 1 aromatic rings. The smallest absolute Gasteiger partial charge is 0.127 e. The molecule has 1 saturated heterocycles. The molecular formula is C14H17BrFNO. The van der Waals surface area contributed by atoms with Gasteiger partial charge >= 0.3 is 0 Å². The lowest BCUT2D eigenvalue weighted by Crippen LogP contribution is -2.56. The van der Waals surface area contributed by atoms with Crippen LogP contribution >= 0.6 is 15.9 Å². The van der Waals surface area contributed by atoms with Gasteiger partial charge in [0.15, 0.2) is 0 Å². The van der Waals surface area contributed by atoms with Crippen molar-refractivity contribution < 1.29 is 9.13 Å². The van der Waals surface area contributed by atoms with Crippen LogP contribution in [-0.4, -0.2) is 26.8 Å². The first-order chi connectivity index (χ1) is 8.63. The van der Waals surface area contributed by atoms with Gasteiger partial charge in [-0.1, -0.05) is 15.9 Å². The van der Waals surface area contributed by atoms with Gasteiger partial charge in [0.05, 0.1) is 18.6 Å². The maximum Gasteiger partial charge on any atom is 0.127 e. The lowest BCUT2D eigenvalue weighted by molar-refractivity contribution is -0.100. The Hall–Kier alpha value is -0.450. The van der Waals surface area contributed by atoms with E-state index in [1.54, 1.807) is 12.1 Å². The lowest BCUT2D eigenvalue weighted by Gasteiger charge is -2.48. The van der Waals surface area contributed by atoms with E-state index < -0.39 is 0 Å². The summed E-state index contributed by atoms with van der Waals surface area (Å²) in [4.78, 5) is 0. The standard InChI is InChI=1S/C14H17BrFNO/c1-17-7-13(4-5-13)14(8-18-9-14)11-6-10(15)2-3-12(11)16/h2-3,6,17H,4-5,7-9H2,1H3. The molecule has 1 aliphatic heterocycles. The Bertz CT molecular complexity index is 469. The average Bonchev–Trinajstić information content (AvgIpc) is 3.03. The monoisotopic (exact) mass is 313 g/mol. The van der Waals surface area contributed by atoms with Crippen molar-refractivity contribution in [2.24, 2.45) is 5.41 Å². The summed E-state index contributed by atoms with van der Waals surface area (Å²) in [6.07, 6.45) is 2.31. The molecule has 2 fully saturated rings. The molecule has 0 atom stereocenters. The van der Waals surface area contributed by atoms with Gasteiger partial charge in [-0.15, -0.1) is 0 Å². The van der Waals surface area contributed by atoms with Crippen LogP contribution in [0.15, 0.2) is 22.7 Å². The highest BCUT2D eigenvalue weighted by Gasteiger charge is 2.63. The molecule has 1 aromatic carbocycles. The number of benzene rings is 1. The molecule has 2 nitrogen and oxygen atoms in total. The molecule has 0 aromatic heterocycles. The molecule has 18 heavy (non-hydrogen) atoms. The second-order valence-corrected chi connectivity index (χ2v) is 6.43. The van der Waals surface area contributed by atoms with Crippen LogP contribution in [0.1, 0.15) is 18.4 Å². The normalized spacial score (nSPS) is 23.5. The van der Waals surface area contributed by atoms with Gasteiger partial charge in [0, 0.05) is 16.6 Å². The Morgan fingerprint density at radius 3 is 2.61 bits per heavy atom. The Morgan fingerprint density at radius 1 is 1.39 bits per heavy atom. The fourth-order valence-electron chi connectivity index (χ4n) is 3.23. The van der Waals surface area contributed by atoms with Gasteiger partial charge < -0.3 is 10.1 Å². The molecule has 4 heteroatoms. The fraction of sp³-hybridized carbons (Fsp3) is 0.571. The molecule has 1 aliphatic carbocycles. The van der Waals surface area contributed by atoms with Gasteiger partial charge in [0.25, 0.3) is 0 Å². The van der Waals surface area contributed by atoms with Crippen molar-refractivity contribution in [3.63, 3.8) is 0 Å². The van der Waals surface area contributed by atoms with Crippen molar-refractivity contribution in [3.8, 4) is 0 Å². The Balaban J connectivity index is 2.04. The lowest BCUT2D eigenvalue weighted by atomic mass is 9.66. The molecule has 0 bridgehead atoms. The quantitative estimate of drug-likeness (QED) is 0.923. The van der Waals surface area contributed by atoms with Gasteiger partial charge in [0.1, 0.15) is 5.82 Å². The number of nitrogens with one attached hydrogen (secondary N) is 1. The summed E-state index contributed by atoms with van der Waals surface area (Å²) in [7, 11) is 1.96. The minimum Gasteiger partial charge on any atom is -0.379 e. The number of ether oxygens (including phenoxy) is 1. The summed E-state index contributed by atoms with van der Waals surface area (Å²) in [6.45, 7) is 2.21. The highest BCUT2D eigenvalue weighted by molar-refractivity contribution is 9.10. The number of halogens is 2. The van der Waals surface area contributed by atoms with E-state index in [9.17, 15) is 4.39 Å². The summed E-state index contributed by atoms with van der Waals surface area (Å²) >= 11 is 3.45. The zero-order valence-corrected chi connectivity index (χ0v) is 12.0. The second-order valence-electron chi connectivity index (χ2n) is 5.51. The van der Waals surface area contributed by atoms with Crippen molar-refractivity contribution in [2.75, 3.05) is 26.8 Å². The van der Waals surface area contributed by atoms with Crippen LogP contribution in [0.2, 0.25) is 0 Å². The van der Waals surface area contributed by atoms with E-state index in [4.69, 9.17) is 4.74 Å². The minimum absolute atomic E-state index is 0.108. The first kappa shape index (κ1) is 12.6. The van der Waals surface area contributed by atoms with Crippen LogP contribution in [0, 0.1) is 11.2 Å². The zero-order chi connectivity index (χ0) is 12.8. The molecule has 98 valence electrons. The van der Waals surface area contributed by atoms with E-state index in [2.05, 4.69) is 21.2 Å². The minimum atomic E-state index is -0.135. The molecule has 0 radical (unpaired) electrons. The Kier molecular flexibility index (Phi) is 3.00.